The third-order valence-electron chi connectivity index (χ3n) is 15.2. The summed E-state index contributed by atoms with van der Waals surface area (Å²) in [6.45, 7) is -1.36. The molecule has 1 saturated heterocycles. The summed E-state index contributed by atoms with van der Waals surface area (Å²) in [6, 6.07) is 1.26. The zero-order chi connectivity index (χ0) is 74.3. The largest absolute Gasteiger partial charge is 0.508 e. The number of carboxylic acids is 4. The molecule has 4 rings (SSSR count). The van der Waals surface area contributed by atoms with Crippen molar-refractivity contribution < 1.29 is 112 Å². The number of carboxylic acid groups (broad SMARTS) is 4. The second kappa shape index (κ2) is 41.0. The van der Waals surface area contributed by atoms with Crippen LogP contribution in [0.3, 0.4) is 0 Å². The first-order chi connectivity index (χ1) is 47.4. The van der Waals surface area contributed by atoms with E-state index >= 15 is 0 Å². The molecule has 100 heavy (non-hydrogen) atoms. The van der Waals surface area contributed by atoms with E-state index in [1.165, 1.54) is 55.5 Å². The zero-order valence-electron chi connectivity index (χ0n) is 53.8. The summed E-state index contributed by atoms with van der Waals surface area (Å²) in [5.41, 5.74) is 6.67. The highest BCUT2D eigenvalue weighted by Crippen LogP contribution is 2.21. The number of aliphatic hydroxyl groups is 1. The monoisotopic (exact) mass is 1440 g/mol. The van der Waals surface area contributed by atoms with Crippen LogP contribution >= 0.6 is 25.3 Å². The molecule has 1 aliphatic heterocycles. The van der Waals surface area contributed by atoms with E-state index in [0.29, 0.717) is 16.7 Å². The van der Waals surface area contributed by atoms with Gasteiger partial charge in [-0.3, -0.25) is 71.9 Å². The number of rotatable bonds is 41. The maximum absolute atomic E-state index is 14.7. The molecule has 12 amide bonds. The van der Waals surface area contributed by atoms with Gasteiger partial charge in [0.15, 0.2) is 0 Å². The number of amides is 12. The number of nitrogens with one attached hydrogen (secondary N) is 11. The number of phenolic OH excluding ortho intramolecular Hbond substituents is 2. The van der Waals surface area contributed by atoms with Gasteiger partial charge in [-0.25, -0.2) is 4.79 Å². The van der Waals surface area contributed by atoms with Crippen molar-refractivity contribution in [2.45, 2.75) is 138 Å². The molecule has 1 heterocycles. The third kappa shape index (κ3) is 27.4. The minimum Gasteiger partial charge on any atom is -0.508 e. The zero-order valence-corrected chi connectivity index (χ0v) is 55.5. The smallest absolute Gasteiger partial charge is 0.326 e. The molecule has 3 aromatic carbocycles. The van der Waals surface area contributed by atoms with Crippen LogP contribution in [0.1, 0.15) is 68.6 Å². The highest BCUT2D eigenvalue weighted by molar-refractivity contribution is 7.80. The van der Waals surface area contributed by atoms with Crippen LogP contribution in [0.4, 0.5) is 0 Å². The van der Waals surface area contributed by atoms with Gasteiger partial charge in [0.05, 0.1) is 26.1 Å². The fourth-order valence-electron chi connectivity index (χ4n) is 9.84. The topological polar surface area (TPSA) is 576 Å². The molecule has 20 N–H and O–H groups in total. The van der Waals surface area contributed by atoms with E-state index in [1.807, 2.05) is 0 Å². The number of nitrogens with two attached hydrogens (primary N) is 1. The molecule has 0 spiro atoms. The van der Waals surface area contributed by atoms with Crippen molar-refractivity contribution in [1.82, 2.24) is 63.4 Å². The lowest BCUT2D eigenvalue weighted by Crippen LogP contribution is -2.61. The molecule has 544 valence electrons. The van der Waals surface area contributed by atoms with Crippen LogP contribution in [-0.2, 0) is 96.0 Å². The minimum absolute atomic E-state index is 0.0853. The number of benzene rings is 3. The van der Waals surface area contributed by atoms with E-state index in [2.05, 4.69) is 83.7 Å². The lowest BCUT2D eigenvalue weighted by molar-refractivity contribution is -0.144. The Morgan fingerprint density at radius 3 is 1.41 bits per heavy atom. The van der Waals surface area contributed by atoms with Crippen LogP contribution in [-0.4, -0.2) is 240 Å². The molecule has 1 aliphatic rings. The average Bonchev–Trinajstić information content (AvgIpc) is 1.69. The number of thiol groups is 2. The van der Waals surface area contributed by atoms with E-state index < -0.39 is 219 Å². The van der Waals surface area contributed by atoms with E-state index in [0.717, 1.165) is 4.90 Å². The van der Waals surface area contributed by atoms with Gasteiger partial charge in [0.25, 0.3) is 0 Å². The number of hydrogen-bond acceptors (Lipinski definition) is 22. The molecule has 0 unspecified atom stereocenters. The Labute approximate surface area is 581 Å². The van der Waals surface area contributed by atoms with E-state index in [4.69, 9.17) is 5.73 Å². The van der Waals surface area contributed by atoms with E-state index in [1.54, 1.807) is 30.3 Å². The quantitative estimate of drug-likeness (QED) is 0.0235. The maximum Gasteiger partial charge on any atom is 0.326 e. The van der Waals surface area contributed by atoms with Crippen molar-refractivity contribution in [3.8, 4) is 11.5 Å². The number of likely N-dealkylation sites (tertiary alicyclic amines) is 1. The van der Waals surface area contributed by atoms with Crippen LogP contribution in [0.15, 0.2) is 78.9 Å². The van der Waals surface area contributed by atoms with Gasteiger partial charge in [-0.2, -0.15) is 25.3 Å². The maximum atomic E-state index is 14.7. The van der Waals surface area contributed by atoms with Crippen molar-refractivity contribution in [3.63, 3.8) is 0 Å². The number of nitrogens with zero attached hydrogens (tertiary/aromatic N) is 1. The Balaban J connectivity index is 1.48. The Kier molecular flexibility index (Phi) is 33.5. The highest BCUT2D eigenvalue weighted by Gasteiger charge is 2.41. The molecule has 0 aromatic heterocycles. The number of phenols is 2. The summed E-state index contributed by atoms with van der Waals surface area (Å²) < 4.78 is 0. The van der Waals surface area contributed by atoms with Crippen LogP contribution in [0, 0.1) is 0 Å². The molecule has 11 atom stereocenters. The molecule has 0 radical (unpaired) electrons. The van der Waals surface area contributed by atoms with E-state index in [-0.39, 0.29) is 55.9 Å². The van der Waals surface area contributed by atoms with Crippen molar-refractivity contribution >= 4 is 120 Å². The Bertz CT molecular complexity index is 3430. The van der Waals surface area contributed by atoms with Gasteiger partial charge in [0.1, 0.15) is 78.0 Å². The number of aliphatic hydroxyl groups excluding tert-OH is 1. The number of hydrogen-bond donors (Lipinski definition) is 21. The average molecular weight is 1440 g/mol. The Hall–Kier alpha value is -10.6. The summed E-state index contributed by atoms with van der Waals surface area (Å²) in [4.78, 5) is 212. The Morgan fingerprint density at radius 2 is 0.910 bits per heavy atom. The molecule has 3 aromatic rings. The van der Waals surface area contributed by atoms with Gasteiger partial charge < -0.3 is 105 Å². The second-order valence-electron chi connectivity index (χ2n) is 22.8. The summed E-state index contributed by atoms with van der Waals surface area (Å²) in [7, 11) is 0. The van der Waals surface area contributed by atoms with Gasteiger partial charge in [-0.05, 0) is 73.6 Å². The van der Waals surface area contributed by atoms with E-state index in [9.17, 15) is 112 Å². The number of aromatic hydroxyl groups is 2. The molecular formula is C62H81N13O23S2. The van der Waals surface area contributed by atoms with Crippen LogP contribution in [0.25, 0.3) is 0 Å². The standard InChI is InChI=1S/C62H81N13O23S2/c1-31(52(87)73-44(29-99)59(94)72-42(62(97)98)24-34-11-15-36(78)16-12-34)65-48(80)27-64-53(88)37(17-19-49(81)82)67-54(89)38(18-20-50(83)84)68-56(91)40(25-51(85)86)70-60(95)46-8-5-21-75(46)61(96)41(23-32-6-3-2-4-7-32)71-58(93)45(30-100)74-55(90)39(22-33-9-13-35(77)14-10-33)69-57(92)43(28-76)66-47(79)26-63/h2-4,6-7,9-16,31,37-46,76-78,99-100H,5,8,17-30,63H2,1H3,(H,64,88)(H,65,80)(H,66,79)(H,67,89)(H,68,91)(H,69,92)(H,70,95)(H,71,93)(H,72,94)(H,73,87)(H,74,90)(H,81,82)(H,83,84)(H,85,86)(H,97,98)/t31-,37-,38-,39-,40-,41-,42-,43-,44-,45-,46-/m0/s1. The molecule has 0 saturated carbocycles. The Morgan fingerprint density at radius 1 is 0.480 bits per heavy atom. The van der Waals surface area contributed by atoms with Crippen molar-refractivity contribution in [2.75, 3.05) is 37.7 Å². The first-order valence-electron chi connectivity index (χ1n) is 31.0. The van der Waals surface area contributed by atoms with Crippen LogP contribution in [0.5, 0.6) is 11.5 Å². The summed E-state index contributed by atoms with van der Waals surface area (Å²) in [5, 5.41) is 93.3. The third-order valence-corrected chi connectivity index (χ3v) is 15.9. The second-order valence-corrected chi connectivity index (χ2v) is 23.5. The number of carbonyl (C=O) groups is 16. The number of carbonyl (C=O) groups excluding carboxylic acids is 12. The van der Waals surface area contributed by atoms with Crippen molar-refractivity contribution in [1.29, 1.82) is 0 Å². The fraction of sp³-hybridized carbons (Fsp3) is 0.452. The molecule has 0 bridgehead atoms. The number of aliphatic carboxylic acids is 4. The molecule has 0 aliphatic carbocycles. The van der Waals surface area contributed by atoms with Gasteiger partial charge >= 0.3 is 23.9 Å². The van der Waals surface area contributed by atoms with Gasteiger partial charge in [-0.15, -0.1) is 0 Å². The minimum atomic E-state index is -2.08. The van der Waals surface area contributed by atoms with Gasteiger partial charge in [0, 0.05) is 50.2 Å². The highest BCUT2D eigenvalue weighted by atomic mass is 32.1. The van der Waals surface area contributed by atoms with Crippen molar-refractivity contribution in [3.05, 3.63) is 95.6 Å². The van der Waals surface area contributed by atoms with Gasteiger partial charge in [0.2, 0.25) is 70.9 Å². The summed E-state index contributed by atoms with van der Waals surface area (Å²) in [5.74, 6) is -19.8. The first-order valence-corrected chi connectivity index (χ1v) is 32.2. The van der Waals surface area contributed by atoms with Crippen LogP contribution < -0.4 is 64.2 Å². The SMILES string of the molecule is C[C@H](NC(=O)CNC(=O)[C@H](CCC(=O)O)NC(=O)[C@H](CCC(=O)O)NC(=O)[C@H](CC(=O)O)NC(=O)[C@@H]1CCCN1C(=O)[C@H](Cc1ccccc1)NC(=O)[C@H](CS)NC(=O)[C@H](Cc1ccc(O)cc1)NC(=O)[C@H](CO)NC(=O)CN)C(=O)N[C@@H](CS)C(=O)N[C@@H](Cc1ccc(O)cc1)C(=O)O. The summed E-state index contributed by atoms with van der Waals surface area (Å²) in [6.07, 6.45) is -4.96. The predicted octanol–water partition coefficient (Wildman–Crippen LogP) is -5.80. The normalized spacial score (nSPS) is 15.4. The summed E-state index contributed by atoms with van der Waals surface area (Å²) >= 11 is 8.33. The lowest BCUT2D eigenvalue weighted by atomic mass is 10.0. The molecule has 38 heteroatoms. The van der Waals surface area contributed by atoms with Gasteiger partial charge in [-0.1, -0.05) is 54.6 Å². The predicted molar refractivity (Wildman–Crippen MR) is 354 cm³/mol. The first kappa shape index (κ1) is 81.8. The van der Waals surface area contributed by atoms with Crippen LogP contribution in [0.2, 0.25) is 0 Å². The molecule has 1 fully saturated rings. The fourth-order valence-corrected chi connectivity index (χ4v) is 10.4. The van der Waals surface area contributed by atoms with Crippen molar-refractivity contribution in [2.24, 2.45) is 5.73 Å². The molecule has 36 nitrogen and oxygen atoms in total. The molecular weight excluding hydrogens is 1360 g/mol. The lowest BCUT2D eigenvalue weighted by Gasteiger charge is -2.31.